The van der Waals surface area contributed by atoms with Crippen molar-refractivity contribution in [1.29, 1.82) is 0 Å². The van der Waals surface area contributed by atoms with Gasteiger partial charge < -0.3 is 10.6 Å². The van der Waals surface area contributed by atoms with E-state index in [1.807, 2.05) is 0 Å². The van der Waals surface area contributed by atoms with Gasteiger partial charge in [0.25, 0.3) is 0 Å². The summed E-state index contributed by atoms with van der Waals surface area (Å²) in [5.41, 5.74) is 5.73. The zero-order valence-corrected chi connectivity index (χ0v) is 10.5. The van der Waals surface area contributed by atoms with Gasteiger partial charge in [0.1, 0.15) is 22.4 Å². The summed E-state index contributed by atoms with van der Waals surface area (Å²) in [6.07, 6.45) is 4.15. The summed E-state index contributed by atoms with van der Waals surface area (Å²) in [5, 5.41) is 0. The Morgan fingerprint density at radius 3 is 2.80 bits per heavy atom. The summed E-state index contributed by atoms with van der Waals surface area (Å²) < 4.78 is 0.792. The molecular weight excluding hydrogens is 256 g/mol. The lowest BCUT2D eigenvalue weighted by atomic mass is 10.2. The molecule has 1 saturated carbocycles. The number of nitrogens with two attached hydrogens (primary N) is 1. The lowest BCUT2D eigenvalue weighted by molar-refractivity contribution is 0.602. The van der Waals surface area contributed by atoms with Gasteiger partial charge in [-0.3, -0.25) is 0 Å². The van der Waals surface area contributed by atoms with Crippen molar-refractivity contribution in [1.82, 2.24) is 9.97 Å². The van der Waals surface area contributed by atoms with Gasteiger partial charge in [-0.25, -0.2) is 9.97 Å². The largest absolute Gasteiger partial charge is 0.383 e. The van der Waals surface area contributed by atoms with E-state index in [1.165, 1.54) is 19.2 Å². The summed E-state index contributed by atoms with van der Waals surface area (Å²) >= 11 is 3.43. The Hall–Kier alpha value is -0.840. The van der Waals surface area contributed by atoms with Gasteiger partial charge in [-0.15, -0.1) is 0 Å². The van der Waals surface area contributed by atoms with Crippen LogP contribution in [0.25, 0.3) is 0 Å². The molecule has 1 aromatic rings. The average Bonchev–Trinajstić information content (AvgIpc) is 3.03. The SMILES string of the molecule is CC(C1CC1)N(C)c1ncnc(N)c1Br. The average molecular weight is 271 g/mol. The second-order valence-corrected chi connectivity index (χ2v) is 4.88. The molecule has 0 amide bonds. The number of nitrogens with zero attached hydrogens (tertiary/aromatic N) is 3. The van der Waals surface area contributed by atoms with Gasteiger partial charge in [-0.05, 0) is 41.6 Å². The smallest absolute Gasteiger partial charge is 0.148 e. The molecule has 0 bridgehead atoms. The van der Waals surface area contributed by atoms with Crippen molar-refractivity contribution in [3.8, 4) is 0 Å². The molecule has 1 unspecified atom stereocenters. The van der Waals surface area contributed by atoms with E-state index in [1.54, 1.807) is 0 Å². The molecule has 82 valence electrons. The molecule has 1 aliphatic carbocycles. The highest BCUT2D eigenvalue weighted by atomic mass is 79.9. The van der Waals surface area contributed by atoms with Crippen LogP contribution in [0, 0.1) is 5.92 Å². The maximum atomic E-state index is 5.73. The molecule has 15 heavy (non-hydrogen) atoms. The van der Waals surface area contributed by atoms with Gasteiger partial charge in [0.2, 0.25) is 0 Å². The maximum Gasteiger partial charge on any atom is 0.148 e. The normalized spacial score (nSPS) is 17.5. The van der Waals surface area contributed by atoms with Gasteiger partial charge in [-0.2, -0.15) is 0 Å². The molecule has 0 radical (unpaired) electrons. The highest BCUT2D eigenvalue weighted by Gasteiger charge is 2.31. The first-order valence-electron chi connectivity index (χ1n) is 5.10. The van der Waals surface area contributed by atoms with E-state index < -0.39 is 0 Å². The van der Waals surface area contributed by atoms with E-state index >= 15 is 0 Å². The van der Waals surface area contributed by atoms with Crippen LogP contribution < -0.4 is 10.6 Å². The van der Waals surface area contributed by atoms with Crippen molar-refractivity contribution in [3.63, 3.8) is 0 Å². The van der Waals surface area contributed by atoms with Crippen molar-refractivity contribution in [2.45, 2.75) is 25.8 Å². The fourth-order valence-corrected chi connectivity index (χ4v) is 2.19. The highest BCUT2D eigenvalue weighted by Crippen LogP contribution is 2.37. The van der Waals surface area contributed by atoms with Gasteiger partial charge in [0.05, 0.1) is 0 Å². The van der Waals surface area contributed by atoms with Crippen LogP contribution in [0.3, 0.4) is 0 Å². The number of hydrogen-bond donors (Lipinski definition) is 1. The predicted octanol–water partition coefficient (Wildman–Crippen LogP) is 2.06. The summed E-state index contributed by atoms with van der Waals surface area (Å²) in [7, 11) is 2.05. The Morgan fingerprint density at radius 2 is 2.20 bits per heavy atom. The van der Waals surface area contributed by atoms with E-state index in [2.05, 4.69) is 44.8 Å². The lowest BCUT2D eigenvalue weighted by Gasteiger charge is -2.26. The Morgan fingerprint density at radius 1 is 1.53 bits per heavy atom. The molecule has 2 N–H and O–H groups in total. The van der Waals surface area contributed by atoms with Crippen molar-refractivity contribution in [2.75, 3.05) is 17.7 Å². The summed E-state index contributed by atoms with van der Waals surface area (Å²) in [6.45, 7) is 2.22. The zero-order valence-electron chi connectivity index (χ0n) is 8.94. The number of anilines is 2. The molecule has 5 heteroatoms. The van der Waals surface area contributed by atoms with Crippen LogP contribution in [0.5, 0.6) is 0 Å². The Balaban J connectivity index is 2.24. The van der Waals surface area contributed by atoms with Gasteiger partial charge in [-0.1, -0.05) is 0 Å². The van der Waals surface area contributed by atoms with Crippen LogP contribution in [0.2, 0.25) is 0 Å². The van der Waals surface area contributed by atoms with Crippen LogP contribution in [-0.2, 0) is 0 Å². The van der Waals surface area contributed by atoms with Crippen LogP contribution in [0.1, 0.15) is 19.8 Å². The van der Waals surface area contributed by atoms with Gasteiger partial charge in [0, 0.05) is 13.1 Å². The van der Waals surface area contributed by atoms with Crippen LogP contribution in [0.15, 0.2) is 10.8 Å². The summed E-state index contributed by atoms with van der Waals surface area (Å²) in [6, 6.07) is 0.510. The molecule has 0 aliphatic heterocycles. The van der Waals surface area contributed by atoms with Crippen molar-refractivity contribution < 1.29 is 0 Å². The van der Waals surface area contributed by atoms with E-state index in [0.717, 1.165) is 16.2 Å². The minimum atomic E-state index is 0.495. The molecule has 0 saturated heterocycles. The topological polar surface area (TPSA) is 55.0 Å². The third-order valence-corrected chi connectivity index (χ3v) is 3.81. The minimum Gasteiger partial charge on any atom is -0.383 e. The first-order valence-corrected chi connectivity index (χ1v) is 5.89. The molecular formula is C10H15BrN4. The number of rotatable bonds is 3. The Kier molecular flexibility index (Phi) is 2.82. The molecule has 1 aliphatic rings. The van der Waals surface area contributed by atoms with E-state index in [9.17, 15) is 0 Å². The van der Waals surface area contributed by atoms with Crippen molar-refractivity contribution in [3.05, 3.63) is 10.8 Å². The third kappa shape index (κ3) is 2.07. The molecule has 1 aromatic heterocycles. The molecule has 1 fully saturated rings. The number of aromatic nitrogens is 2. The first kappa shape index (κ1) is 10.7. The summed E-state index contributed by atoms with van der Waals surface area (Å²) in [5.74, 6) is 2.18. The highest BCUT2D eigenvalue weighted by molar-refractivity contribution is 9.10. The predicted molar refractivity (Wildman–Crippen MR) is 64.7 cm³/mol. The monoisotopic (exact) mass is 270 g/mol. The minimum absolute atomic E-state index is 0.495. The summed E-state index contributed by atoms with van der Waals surface area (Å²) in [4.78, 5) is 10.4. The van der Waals surface area contributed by atoms with Crippen LogP contribution in [-0.4, -0.2) is 23.1 Å². The van der Waals surface area contributed by atoms with Crippen LogP contribution in [0.4, 0.5) is 11.6 Å². The zero-order chi connectivity index (χ0) is 11.0. The fraction of sp³-hybridized carbons (Fsp3) is 0.600. The maximum absolute atomic E-state index is 5.73. The van der Waals surface area contributed by atoms with Crippen LogP contribution >= 0.6 is 15.9 Å². The quantitative estimate of drug-likeness (QED) is 0.914. The van der Waals surface area contributed by atoms with E-state index in [4.69, 9.17) is 5.73 Å². The Labute approximate surface area is 98.0 Å². The Bertz CT molecular complexity index is 364. The van der Waals surface area contributed by atoms with Gasteiger partial charge in [0.15, 0.2) is 0 Å². The van der Waals surface area contributed by atoms with Crippen molar-refractivity contribution in [2.24, 2.45) is 5.92 Å². The van der Waals surface area contributed by atoms with Crippen molar-refractivity contribution >= 4 is 27.6 Å². The number of halogens is 1. The van der Waals surface area contributed by atoms with E-state index in [0.29, 0.717) is 11.9 Å². The standard InChI is InChI=1S/C10H15BrN4/c1-6(7-3-4-7)15(2)10-8(11)9(12)13-5-14-10/h5-7H,3-4H2,1-2H3,(H2,12,13,14). The molecule has 1 atom stereocenters. The first-order chi connectivity index (χ1) is 7.11. The molecule has 4 nitrogen and oxygen atoms in total. The number of nitrogen functional groups attached to an aromatic ring is 1. The van der Waals surface area contributed by atoms with E-state index in [-0.39, 0.29) is 0 Å². The second-order valence-electron chi connectivity index (χ2n) is 4.09. The molecule has 2 rings (SSSR count). The molecule has 0 aromatic carbocycles. The molecule has 1 heterocycles. The van der Waals surface area contributed by atoms with Gasteiger partial charge >= 0.3 is 0 Å². The lowest BCUT2D eigenvalue weighted by Crippen LogP contribution is -2.31. The second kappa shape index (κ2) is 3.96. The molecule has 0 spiro atoms. The number of hydrogen-bond acceptors (Lipinski definition) is 4. The third-order valence-electron chi connectivity index (χ3n) is 3.05. The fourth-order valence-electron chi connectivity index (χ4n) is 1.71.